The number of rotatable bonds is 6. The van der Waals surface area contributed by atoms with Gasteiger partial charge in [0.15, 0.2) is 0 Å². The SMILES string of the molecule is O=C(NCCCn1ccnc1)c1cc(-c2ccc(Br)cc2)n[nH]1. The highest BCUT2D eigenvalue weighted by molar-refractivity contribution is 9.10. The Balaban J connectivity index is 1.52. The van der Waals surface area contributed by atoms with Gasteiger partial charge in [0, 0.05) is 35.5 Å². The number of imidazole rings is 1. The maximum atomic E-state index is 12.1. The van der Waals surface area contributed by atoms with E-state index in [-0.39, 0.29) is 5.91 Å². The van der Waals surface area contributed by atoms with Crippen molar-refractivity contribution in [2.75, 3.05) is 6.54 Å². The molecule has 3 aromatic rings. The first-order valence-electron chi connectivity index (χ1n) is 7.27. The molecule has 0 saturated carbocycles. The van der Waals surface area contributed by atoms with Gasteiger partial charge in [-0.1, -0.05) is 28.1 Å². The Kier molecular flexibility index (Phi) is 4.87. The summed E-state index contributed by atoms with van der Waals surface area (Å²) in [5.41, 5.74) is 2.18. The van der Waals surface area contributed by atoms with Crippen molar-refractivity contribution >= 4 is 21.8 Å². The molecule has 0 radical (unpaired) electrons. The summed E-state index contributed by atoms with van der Waals surface area (Å²) >= 11 is 3.40. The van der Waals surface area contributed by atoms with Crippen LogP contribution in [0.15, 0.2) is 53.5 Å². The van der Waals surface area contributed by atoms with Crippen LogP contribution in [0, 0.1) is 0 Å². The normalized spacial score (nSPS) is 10.7. The number of hydrogen-bond donors (Lipinski definition) is 2. The molecule has 1 aromatic carbocycles. The molecule has 23 heavy (non-hydrogen) atoms. The van der Waals surface area contributed by atoms with E-state index in [2.05, 4.69) is 36.4 Å². The standard InChI is InChI=1S/C16H16BrN5O/c17-13-4-2-12(3-5-13)14-10-15(21-20-14)16(23)19-6-1-8-22-9-7-18-11-22/h2-5,7,9-11H,1,6,8H2,(H,19,23)(H,20,21). The van der Waals surface area contributed by atoms with Crippen LogP contribution in [0.2, 0.25) is 0 Å². The van der Waals surface area contributed by atoms with Crippen LogP contribution in [0.3, 0.4) is 0 Å². The maximum absolute atomic E-state index is 12.1. The van der Waals surface area contributed by atoms with Gasteiger partial charge in [0.05, 0.1) is 12.0 Å². The van der Waals surface area contributed by atoms with Gasteiger partial charge in [-0.3, -0.25) is 9.89 Å². The molecule has 0 aliphatic rings. The summed E-state index contributed by atoms with van der Waals surface area (Å²) in [6.45, 7) is 1.43. The van der Waals surface area contributed by atoms with E-state index in [1.54, 1.807) is 18.6 Å². The molecule has 2 heterocycles. The lowest BCUT2D eigenvalue weighted by molar-refractivity contribution is 0.0947. The Hall–Kier alpha value is -2.41. The maximum Gasteiger partial charge on any atom is 0.269 e. The molecule has 1 amide bonds. The zero-order chi connectivity index (χ0) is 16.1. The molecule has 7 heteroatoms. The second kappa shape index (κ2) is 7.23. The van der Waals surface area contributed by atoms with Gasteiger partial charge in [-0.05, 0) is 24.6 Å². The van der Waals surface area contributed by atoms with E-state index in [0.29, 0.717) is 12.2 Å². The smallest absolute Gasteiger partial charge is 0.269 e. The molecule has 2 N–H and O–H groups in total. The van der Waals surface area contributed by atoms with E-state index >= 15 is 0 Å². The summed E-state index contributed by atoms with van der Waals surface area (Å²) in [5.74, 6) is -0.147. The third kappa shape index (κ3) is 4.07. The molecule has 6 nitrogen and oxygen atoms in total. The minimum atomic E-state index is -0.147. The zero-order valence-corrected chi connectivity index (χ0v) is 14.0. The fourth-order valence-electron chi connectivity index (χ4n) is 2.18. The molecular weight excluding hydrogens is 358 g/mol. The predicted octanol–water partition coefficient (Wildman–Crippen LogP) is 2.86. The van der Waals surface area contributed by atoms with Crippen molar-refractivity contribution in [3.05, 3.63) is 59.2 Å². The van der Waals surface area contributed by atoms with Crippen molar-refractivity contribution in [3.63, 3.8) is 0 Å². The van der Waals surface area contributed by atoms with Crippen molar-refractivity contribution in [2.45, 2.75) is 13.0 Å². The molecule has 2 aromatic heterocycles. The van der Waals surface area contributed by atoms with E-state index in [9.17, 15) is 4.79 Å². The number of halogens is 1. The summed E-state index contributed by atoms with van der Waals surface area (Å²) < 4.78 is 2.99. The summed E-state index contributed by atoms with van der Waals surface area (Å²) in [6.07, 6.45) is 6.26. The molecule has 0 bridgehead atoms. The van der Waals surface area contributed by atoms with Crippen molar-refractivity contribution in [2.24, 2.45) is 0 Å². The minimum Gasteiger partial charge on any atom is -0.351 e. The molecule has 0 unspecified atom stereocenters. The number of carbonyl (C=O) groups excluding carboxylic acids is 1. The average molecular weight is 374 g/mol. The van der Waals surface area contributed by atoms with Crippen LogP contribution in [-0.4, -0.2) is 32.2 Å². The number of nitrogens with zero attached hydrogens (tertiary/aromatic N) is 3. The topological polar surface area (TPSA) is 75.6 Å². The van der Waals surface area contributed by atoms with Crippen molar-refractivity contribution in [1.29, 1.82) is 0 Å². The van der Waals surface area contributed by atoms with Gasteiger partial charge in [-0.25, -0.2) is 4.98 Å². The summed E-state index contributed by atoms with van der Waals surface area (Å²) in [5, 5.41) is 9.86. The first-order chi connectivity index (χ1) is 11.2. The lowest BCUT2D eigenvalue weighted by atomic mass is 10.1. The van der Waals surface area contributed by atoms with Crippen LogP contribution in [-0.2, 0) is 6.54 Å². The summed E-state index contributed by atoms with van der Waals surface area (Å²) in [6, 6.07) is 9.55. The van der Waals surface area contributed by atoms with Gasteiger partial charge in [0.1, 0.15) is 5.69 Å². The Morgan fingerprint density at radius 3 is 2.87 bits per heavy atom. The number of nitrogens with one attached hydrogen (secondary N) is 2. The van der Waals surface area contributed by atoms with Gasteiger partial charge in [-0.2, -0.15) is 5.10 Å². The van der Waals surface area contributed by atoms with Gasteiger partial charge in [0.2, 0.25) is 0 Å². The highest BCUT2D eigenvalue weighted by Gasteiger charge is 2.10. The van der Waals surface area contributed by atoms with Crippen molar-refractivity contribution in [3.8, 4) is 11.3 Å². The summed E-state index contributed by atoms with van der Waals surface area (Å²) in [7, 11) is 0. The van der Waals surface area contributed by atoms with Gasteiger partial charge in [0.25, 0.3) is 5.91 Å². The van der Waals surface area contributed by atoms with E-state index < -0.39 is 0 Å². The number of aryl methyl sites for hydroxylation is 1. The van der Waals surface area contributed by atoms with E-state index in [1.807, 2.05) is 35.0 Å². The van der Waals surface area contributed by atoms with Crippen molar-refractivity contribution < 1.29 is 4.79 Å². The molecule has 0 spiro atoms. The van der Waals surface area contributed by atoms with Crippen LogP contribution in [0.1, 0.15) is 16.9 Å². The van der Waals surface area contributed by atoms with Crippen LogP contribution in [0.4, 0.5) is 0 Å². The predicted molar refractivity (Wildman–Crippen MR) is 90.9 cm³/mol. The number of H-pyrrole nitrogens is 1. The summed E-state index contributed by atoms with van der Waals surface area (Å²) in [4.78, 5) is 16.1. The van der Waals surface area contributed by atoms with Crippen LogP contribution in [0.5, 0.6) is 0 Å². The molecular formula is C16H16BrN5O. The van der Waals surface area contributed by atoms with E-state index in [0.717, 1.165) is 28.7 Å². The Morgan fingerprint density at radius 2 is 2.13 bits per heavy atom. The average Bonchev–Trinajstić information content (AvgIpc) is 3.24. The third-order valence-electron chi connectivity index (χ3n) is 3.40. The molecule has 0 atom stereocenters. The monoisotopic (exact) mass is 373 g/mol. The number of carbonyl (C=O) groups is 1. The number of amides is 1. The van der Waals surface area contributed by atoms with E-state index in [1.165, 1.54) is 0 Å². The largest absolute Gasteiger partial charge is 0.351 e. The van der Waals surface area contributed by atoms with Gasteiger partial charge < -0.3 is 9.88 Å². The highest BCUT2D eigenvalue weighted by Crippen LogP contribution is 2.20. The Labute approximate surface area is 142 Å². The molecule has 0 fully saturated rings. The molecule has 0 aliphatic carbocycles. The van der Waals surface area contributed by atoms with Crippen LogP contribution >= 0.6 is 15.9 Å². The quantitative estimate of drug-likeness (QED) is 0.652. The fourth-order valence-corrected chi connectivity index (χ4v) is 2.45. The lowest BCUT2D eigenvalue weighted by Gasteiger charge is -2.04. The van der Waals surface area contributed by atoms with Gasteiger partial charge in [-0.15, -0.1) is 0 Å². The first-order valence-corrected chi connectivity index (χ1v) is 8.07. The van der Waals surface area contributed by atoms with E-state index in [4.69, 9.17) is 0 Å². The Bertz CT molecular complexity index is 764. The second-order valence-electron chi connectivity index (χ2n) is 5.08. The fraction of sp³-hybridized carbons (Fsp3) is 0.188. The third-order valence-corrected chi connectivity index (χ3v) is 3.93. The van der Waals surface area contributed by atoms with Crippen LogP contribution in [0.25, 0.3) is 11.3 Å². The molecule has 3 rings (SSSR count). The molecule has 0 aliphatic heterocycles. The highest BCUT2D eigenvalue weighted by atomic mass is 79.9. The minimum absolute atomic E-state index is 0.147. The second-order valence-corrected chi connectivity index (χ2v) is 6.00. The first kappa shape index (κ1) is 15.5. The molecule has 0 saturated heterocycles. The lowest BCUT2D eigenvalue weighted by Crippen LogP contribution is -2.25. The number of aromatic amines is 1. The Morgan fingerprint density at radius 1 is 1.30 bits per heavy atom. The number of hydrogen-bond acceptors (Lipinski definition) is 3. The number of aromatic nitrogens is 4. The van der Waals surface area contributed by atoms with Crippen LogP contribution < -0.4 is 5.32 Å². The number of benzene rings is 1. The molecule has 118 valence electrons. The van der Waals surface area contributed by atoms with Gasteiger partial charge >= 0.3 is 0 Å². The van der Waals surface area contributed by atoms with Crippen molar-refractivity contribution in [1.82, 2.24) is 25.1 Å². The zero-order valence-electron chi connectivity index (χ0n) is 12.4.